The second kappa shape index (κ2) is 8.18. The second-order valence-corrected chi connectivity index (χ2v) is 8.35. The molecule has 1 saturated carbocycles. The Hall–Kier alpha value is -3.55. The zero-order valence-electron chi connectivity index (χ0n) is 18.3. The van der Waals surface area contributed by atoms with Crippen molar-refractivity contribution < 1.29 is 9.32 Å². The van der Waals surface area contributed by atoms with E-state index in [0.717, 1.165) is 48.7 Å². The molecule has 0 bridgehead atoms. The van der Waals surface area contributed by atoms with Gasteiger partial charge in [0, 0.05) is 19.0 Å². The smallest absolute Gasteiger partial charge is 0.252 e. The van der Waals surface area contributed by atoms with Crippen LogP contribution in [0.1, 0.15) is 61.1 Å². The highest BCUT2D eigenvalue weighted by molar-refractivity contribution is 6.06. The SMILES string of the molecule is CCn1ncc2c(C(=O)NC3(c4noc(C)n4)CCCCC3)cc(-c3ccccc3)nc21. The molecule has 164 valence electrons. The van der Waals surface area contributed by atoms with Gasteiger partial charge in [-0.15, -0.1) is 0 Å². The predicted molar refractivity (Wildman–Crippen MR) is 120 cm³/mol. The predicted octanol–water partition coefficient (Wildman–Crippen LogP) is 4.40. The van der Waals surface area contributed by atoms with Crippen molar-refractivity contribution >= 4 is 16.9 Å². The van der Waals surface area contributed by atoms with E-state index in [9.17, 15) is 4.79 Å². The van der Waals surface area contributed by atoms with Crippen LogP contribution >= 0.6 is 0 Å². The van der Waals surface area contributed by atoms with Crippen molar-refractivity contribution in [2.75, 3.05) is 0 Å². The maximum absolute atomic E-state index is 13.7. The maximum Gasteiger partial charge on any atom is 0.252 e. The molecule has 1 aliphatic carbocycles. The zero-order valence-corrected chi connectivity index (χ0v) is 18.3. The van der Waals surface area contributed by atoms with Gasteiger partial charge >= 0.3 is 0 Å². The van der Waals surface area contributed by atoms with Crippen LogP contribution in [-0.2, 0) is 12.1 Å². The number of hydrogen-bond donors (Lipinski definition) is 1. The number of aromatic nitrogens is 5. The molecule has 8 heteroatoms. The van der Waals surface area contributed by atoms with Crippen LogP contribution in [0, 0.1) is 6.92 Å². The van der Waals surface area contributed by atoms with Crippen LogP contribution in [0.2, 0.25) is 0 Å². The molecule has 0 aliphatic heterocycles. The number of hydrogen-bond acceptors (Lipinski definition) is 6. The van der Waals surface area contributed by atoms with E-state index in [0.29, 0.717) is 29.5 Å². The number of rotatable bonds is 5. The summed E-state index contributed by atoms with van der Waals surface area (Å²) >= 11 is 0. The number of benzene rings is 1. The van der Waals surface area contributed by atoms with Gasteiger partial charge in [0.25, 0.3) is 5.91 Å². The van der Waals surface area contributed by atoms with E-state index in [2.05, 4.69) is 20.6 Å². The Balaban J connectivity index is 1.60. The Labute approximate surface area is 186 Å². The number of carbonyl (C=O) groups is 1. The number of fused-ring (bicyclic) bond motifs is 1. The molecule has 1 fully saturated rings. The third kappa shape index (κ3) is 3.55. The van der Waals surface area contributed by atoms with E-state index in [4.69, 9.17) is 9.51 Å². The standard InChI is InChI=1S/C24H26N6O2/c1-3-30-21-19(15-25-30)18(14-20(27-21)17-10-6-4-7-11-17)22(31)28-24(12-8-5-9-13-24)23-26-16(2)32-29-23/h4,6-7,10-11,14-15H,3,5,8-9,12-13H2,1-2H3,(H,28,31). The van der Waals surface area contributed by atoms with Gasteiger partial charge in [0.1, 0.15) is 5.54 Å². The number of carbonyl (C=O) groups excluding carboxylic acids is 1. The Kier molecular flexibility index (Phi) is 5.20. The molecule has 1 aliphatic rings. The molecular weight excluding hydrogens is 404 g/mol. The third-order valence-electron chi connectivity index (χ3n) is 6.24. The molecule has 1 aromatic carbocycles. The topological polar surface area (TPSA) is 98.7 Å². The largest absolute Gasteiger partial charge is 0.340 e. The molecule has 0 saturated heterocycles. The summed E-state index contributed by atoms with van der Waals surface area (Å²) < 4.78 is 7.08. The minimum Gasteiger partial charge on any atom is -0.340 e. The van der Waals surface area contributed by atoms with Crippen LogP contribution in [0.25, 0.3) is 22.3 Å². The van der Waals surface area contributed by atoms with Gasteiger partial charge in [-0.1, -0.05) is 54.8 Å². The average Bonchev–Trinajstić information content (AvgIpc) is 3.46. The van der Waals surface area contributed by atoms with Crippen LogP contribution in [0.3, 0.4) is 0 Å². The molecular formula is C24H26N6O2. The van der Waals surface area contributed by atoms with Gasteiger partial charge < -0.3 is 9.84 Å². The molecule has 0 atom stereocenters. The minimum atomic E-state index is -0.629. The summed E-state index contributed by atoms with van der Waals surface area (Å²) in [6.07, 6.45) is 6.43. The fourth-order valence-corrected chi connectivity index (χ4v) is 4.56. The van der Waals surface area contributed by atoms with Crippen LogP contribution in [0.4, 0.5) is 0 Å². The van der Waals surface area contributed by atoms with Crippen molar-refractivity contribution in [3.05, 3.63) is 59.9 Å². The lowest BCUT2D eigenvalue weighted by atomic mass is 9.80. The first-order chi connectivity index (χ1) is 15.6. The lowest BCUT2D eigenvalue weighted by Crippen LogP contribution is -2.48. The molecule has 0 spiro atoms. The number of pyridine rings is 1. The highest BCUT2D eigenvalue weighted by Crippen LogP contribution is 2.36. The number of nitrogens with one attached hydrogen (secondary N) is 1. The van der Waals surface area contributed by atoms with Crippen molar-refractivity contribution in [2.24, 2.45) is 0 Å². The maximum atomic E-state index is 13.7. The molecule has 1 amide bonds. The molecule has 3 heterocycles. The molecule has 4 aromatic rings. The van der Waals surface area contributed by atoms with Crippen molar-refractivity contribution in [3.63, 3.8) is 0 Å². The minimum absolute atomic E-state index is 0.172. The highest BCUT2D eigenvalue weighted by atomic mass is 16.5. The molecule has 5 rings (SSSR count). The first-order valence-electron chi connectivity index (χ1n) is 11.1. The van der Waals surface area contributed by atoms with Crippen LogP contribution in [0.5, 0.6) is 0 Å². The van der Waals surface area contributed by atoms with Gasteiger partial charge in [0.05, 0.1) is 22.8 Å². The molecule has 32 heavy (non-hydrogen) atoms. The van der Waals surface area contributed by atoms with Crippen molar-refractivity contribution in [1.82, 2.24) is 30.2 Å². The third-order valence-corrected chi connectivity index (χ3v) is 6.24. The molecule has 1 N–H and O–H groups in total. The summed E-state index contributed by atoms with van der Waals surface area (Å²) in [5.41, 5.74) is 2.32. The van der Waals surface area contributed by atoms with Gasteiger partial charge in [0.15, 0.2) is 11.5 Å². The van der Waals surface area contributed by atoms with E-state index in [1.54, 1.807) is 13.1 Å². The summed E-state index contributed by atoms with van der Waals surface area (Å²) in [4.78, 5) is 23.0. The second-order valence-electron chi connectivity index (χ2n) is 8.35. The number of nitrogens with zero attached hydrogens (tertiary/aromatic N) is 5. The summed E-state index contributed by atoms with van der Waals surface area (Å²) in [5, 5.41) is 12.6. The first kappa shape index (κ1) is 20.4. The highest BCUT2D eigenvalue weighted by Gasteiger charge is 2.40. The fourth-order valence-electron chi connectivity index (χ4n) is 4.56. The Morgan fingerprint density at radius 1 is 1.16 bits per heavy atom. The van der Waals surface area contributed by atoms with Crippen molar-refractivity contribution in [3.8, 4) is 11.3 Å². The van der Waals surface area contributed by atoms with Crippen LogP contribution < -0.4 is 5.32 Å². The van der Waals surface area contributed by atoms with Crippen molar-refractivity contribution in [2.45, 2.75) is 58.0 Å². The fraction of sp³-hybridized carbons (Fsp3) is 0.375. The van der Waals surface area contributed by atoms with E-state index >= 15 is 0 Å². The van der Waals surface area contributed by atoms with E-state index in [-0.39, 0.29) is 5.91 Å². The van der Waals surface area contributed by atoms with E-state index in [1.165, 1.54) is 0 Å². The monoisotopic (exact) mass is 430 g/mol. The molecule has 0 radical (unpaired) electrons. The van der Waals surface area contributed by atoms with Crippen molar-refractivity contribution in [1.29, 1.82) is 0 Å². The van der Waals surface area contributed by atoms with E-state index in [1.807, 2.05) is 48.0 Å². The average molecular weight is 431 g/mol. The van der Waals surface area contributed by atoms with Crippen LogP contribution in [0.15, 0.2) is 47.1 Å². The first-order valence-corrected chi connectivity index (χ1v) is 11.1. The summed E-state index contributed by atoms with van der Waals surface area (Å²) in [6, 6.07) is 11.7. The van der Waals surface area contributed by atoms with Gasteiger partial charge in [-0.05, 0) is 25.8 Å². The lowest BCUT2D eigenvalue weighted by Gasteiger charge is -2.35. The van der Waals surface area contributed by atoms with Gasteiger partial charge in [-0.3, -0.25) is 4.79 Å². The molecule has 0 unspecified atom stereocenters. The van der Waals surface area contributed by atoms with Crippen LogP contribution in [-0.4, -0.2) is 30.8 Å². The number of amides is 1. The van der Waals surface area contributed by atoms with E-state index < -0.39 is 5.54 Å². The number of aryl methyl sites for hydroxylation is 2. The van der Waals surface area contributed by atoms with Gasteiger partial charge in [0.2, 0.25) is 5.89 Å². The Morgan fingerprint density at radius 3 is 2.62 bits per heavy atom. The summed E-state index contributed by atoms with van der Waals surface area (Å²) in [6.45, 7) is 4.45. The molecule has 8 nitrogen and oxygen atoms in total. The lowest BCUT2D eigenvalue weighted by molar-refractivity contribution is 0.0857. The normalized spacial score (nSPS) is 15.7. The zero-order chi connectivity index (χ0) is 22.1. The summed E-state index contributed by atoms with van der Waals surface area (Å²) in [5.74, 6) is 0.886. The molecule has 3 aromatic heterocycles. The Morgan fingerprint density at radius 2 is 1.94 bits per heavy atom. The van der Waals surface area contributed by atoms with Gasteiger partial charge in [-0.2, -0.15) is 10.1 Å². The Bertz CT molecular complexity index is 1250. The van der Waals surface area contributed by atoms with Gasteiger partial charge in [-0.25, -0.2) is 9.67 Å². The summed E-state index contributed by atoms with van der Waals surface area (Å²) in [7, 11) is 0. The quantitative estimate of drug-likeness (QED) is 0.504.